The summed E-state index contributed by atoms with van der Waals surface area (Å²) >= 11 is 0. The summed E-state index contributed by atoms with van der Waals surface area (Å²) in [5.74, 6) is 0.888. The number of nitrogens with one attached hydrogen (secondary N) is 1. The number of rotatable bonds is 0. The van der Waals surface area contributed by atoms with Crippen molar-refractivity contribution >= 4 is 27.9 Å². The molecule has 4 rings (SSSR count). The van der Waals surface area contributed by atoms with Crippen LogP contribution in [0, 0.1) is 0 Å². The zero-order valence-corrected chi connectivity index (χ0v) is 9.68. The van der Waals surface area contributed by atoms with Crippen LogP contribution in [0.25, 0.3) is 27.9 Å². The van der Waals surface area contributed by atoms with Crippen LogP contribution < -0.4 is 4.74 Å². The standard InChI is InChI=1S/C16H11NO/c1-2-7-14-11(5-1)12-8-9-15-13(16(12)17-14)6-3-4-10-18-15/h1-10,17H. The third kappa shape index (κ3) is 1.23. The fraction of sp³-hybridized carbons (Fsp3) is 0. The first-order chi connectivity index (χ1) is 8.93. The van der Waals surface area contributed by atoms with Crippen LogP contribution in [0.1, 0.15) is 5.56 Å². The molecule has 0 fully saturated rings. The SMILES string of the molecule is C1=COc2ccc3c([nH]c4ccccc43)c2C=C1. The Hall–Kier alpha value is -2.48. The molecule has 2 aromatic carbocycles. The highest BCUT2D eigenvalue weighted by Gasteiger charge is 2.11. The van der Waals surface area contributed by atoms with Crippen LogP contribution in [-0.2, 0) is 0 Å². The summed E-state index contributed by atoms with van der Waals surface area (Å²) in [4.78, 5) is 3.47. The molecule has 2 heteroatoms. The van der Waals surface area contributed by atoms with Gasteiger partial charge in [0.25, 0.3) is 0 Å². The second-order valence-electron chi connectivity index (χ2n) is 4.38. The molecule has 2 nitrogen and oxygen atoms in total. The first-order valence-electron chi connectivity index (χ1n) is 5.97. The Morgan fingerprint density at radius 1 is 0.889 bits per heavy atom. The highest BCUT2D eigenvalue weighted by molar-refractivity contribution is 6.10. The van der Waals surface area contributed by atoms with E-state index in [1.165, 1.54) is 10.8 Å². The molecule has 0 amide bonds. The molecule has 1 aliphatic rings. The molecular weight excluding hydrogens is 222 g/mol. The minimum absolute atomic E-state index is 0.888. The van der Waals surface area contributed by atoms with E-state index in [-0.39, 0.29) is 0 Å². The third-order valence-corrected chi connectivity index (χ3v) is 3.33. The van der Waals surface area contributed by atoms with Crippen molar-refractivity contribution in [2.24, 2.45) is 0 Å². The molecule has 0 bridgehead atoms. The van der Waals surface area contributed by atoms with Gasteiger partial charge in [0.15, 0.2) is 0 Å². The van der Waals surface area contributed by atoms with Crippen molar-refractivity contribution in [3.63, 3.8) is 0 Å². The van der Waals surface area contributed by atoms with Crippen molar-refractivity contribution in [3.05, 3.63) is 60.4 Å². The van der Waals surface area contributed by atoms with Gasteiger partial charge >= 0.3 is 0 Å². The molecule has 0 radical (unpaired) electrons. The number of aromatic amines is 1. The van der Waals surface area contributed by atoms with Crippen molar-refractivity contribution in [2.75, 3.05) is 0 Å². The van der Waals surface area contributed by atoms with Crippen LogP contribution in [0.4, 0.5) is 0 Å². The van der Waals surface area contributed by atoms with Gasteiger partial charge in [-0.05, 0) is 30.4 Å². The molecule has 0 saturated heterocycles. The number of para-hydroxylation sites is 1. The minimum Gasteiger partial charge on any atom is -0.464 e. The first-order valence-corrected chi connectivity index (χ1v) is 5.97. The number of hydrogen-bond acceptors (Lipinski definition) is 1. The quantitative estimate of drug-likeness (QED) is 0.617. The number of H-pyrrole nitrogens is 1. The van der Waals surface area contributed by atoms with Gasteiger partial charge in [-0.15, -0.1) is 0 Å². The van der Waals surface area contributed by atoms with Gasteiger partial charge in [0.05, 0.1) is 11.8 Å². The third-order valence-electron chi connectivity index (χ3n) is 3.33. The maximum Gasteiger partial charge on any atom is 0.135 e. The first kappa shape index (κ1) is 9.54. The van der Waals surface area contributed by atoms with Crippen LogP contribution >= 0.6 is 0 Å². The molecule has 3 aromatic rings. The van der Waals surface area contributed by atoms with E-state index in [1.54, 1.807) is 6.26 Å². The fourth-order valence-electron chi connectivity index (χ4n) is 2.50. The number of benzene rings is 2. The van der Waals surface area contributed by atoms with Crippen LogP contribution in [-0.4, -0.2) is 4.98 Å². The van der Waals surface area contributed by atoms with E-state index in [0.717, 1.165) is 22.3 Å². The average molecular weight is 233 g/mol. The normalized spacial score (nSPS) is 13.6. The summed E-state index contributed by atoms with van der Waals surface area (Å²) in [6.45, 7) is 0. The Morgan fingerprint density at radius 2 is 1.83 bits per heavy atom. The van der Waals surface area contributed by atoms with Gasteiger partial charge in [0, 0.05) is 21.9 Å². The fourth-order valence-corrected chi connectivity index (χ4v) is 2.50. The number of allylic oxidation sites excluding steroid dienone is 2. The van der Waals surface area contributed by atoms with E-state index in [0.29, 0.717) is 0 Å². The Kier molecular flexibility index (Phi) is 1.86. The van der Waals surface area contributed by atoms with E-state index >= 15 is 0 Å². The summed E-state index contributed by atoms with van der Waals surface area (Å²) in [6, 6.07) is 12.5. The molecule has 0 saturated carbocycles. The van der Waals surface area contributed by atoms with Gasteiger partial charge in [0.2, 0.25) is 0 Å². The summed E-state index contributed by atoms with van der Waals surface area (Å²) in [7, 11) is 0. The van der Waals surface area contributed by atoms with Gasteiger partial charge in [-0.1, -0.05) is 24.3 Å². The van der Waals surface area contributed by atoms with Gasteiger partial charge in [-0.3, -0.25) is 0 Å². The molecule has 0 unspecified atom stereocenters. The lowest BCUT2D eigenvalue weighted by Gasteiger charge is -2.04. The highest BCUT2D eigenvalue weighted by Crippen LogP contribution is 2.34. The molecule has 0 aliphatic carbocycles. The van der Waals surface area contributed by atoms with E-state index in [1.807, 2.05) is 24.3 Å². The Morgan fingerprint density at radius 3 is 2.83 bits per heavy atom. The topological polar surface area (TPSA) is 25.0 Å². The number of ether oxygens (including phenoxy) is 1. The molecule has 0 atom stereocenters. The number of hydrogen-bond donors (Lipinski definition) is 1. The molecule has 2 heterocycles. The molecule has 1 aromatic heterocycles. The zero-order valence-electron chi connectivity index (χ0n) is 9.68. The summed E-state index contributed by atoms with van der Waals surface area (Å²) in [5, 5.41) is 2.49. The smallest absolute Gasteiger partial charge is 0.135 e. The lowest BCUT2D eigenvalue weighted by atomic mass is 10.1. The molecular formula is C16H11NO. The van der Waals surface area contributed by atoms with Gasteiger partial charge in [0.1, 0.15) is 5.75 Å². The molecule has 1 aliphatic heterocycles. The minimum atomic E-state index is 0.888. The van der Waals surface area contributed by atoms with E-state index in [9.17, 15) is 0 Å². The predicted molar refractivity (Wildman–Crippen MR) is 74.6 cm³/mol. The van der Waals surface area contributed by atoms with Gasteiger partial charge < -0.3 is 9.72 Å². The highest BCUT2D eigenvalue weighted by atomic mass is 16.5. The Bertz CT molecular complexity index is 808. The second-order valence-corrected chi connectivity index (χ2v) is 4.38. The van der Waals surface area contributed by atoms with Gasteiger partial charge in [-0.2, -0.15) is 0 Å². The summed E-state index contributed by atoms with van der Waals surface area (Å²) in [6.07, 6.45) is 7.68. The van der Waals surface area contributed by atoms with Crippen molar-refractivity contribution in [2.45, 2.75) is 0 Å². The zero-order chi connectivity index (χ0) is 11.9. The van der Waals surface area contributed by atoms with Gasteiger partial charge in [-0.25, -0.2) is 0 Å². The second kappa shape index (κ2) is 3.50. The molecule has 18 heavy (non-hydrogen) atoms. The average Bonchev–Trinajstić information content (AvgIpc) is 2.62. The summed E-state index contributed by atoms with van der Waals surface area (Å²) in [5.41, 5.74) is 3.40. The largest absolute Gasteiger partial charge is 0.464 e. The maximum atomic E-state index is 5.59. The summed E-state index contributed by atoms with van der Waals surface area (Å²) < 4.78 is 5.59. The molecule has 0 spiro atoms. The van der Waals surface area contributed by atoms with Crippen LogP contribution in [0.2, 0.25) is 0 Å². The monoisotopic (exact) mass is 233 g/mol. The Labute approximate surface area is 104 Å². The number of aromatic nitrogens is 1. The lowest BCUT2D eigenvalue weighted by molar-refractivity contribution is 0.482. The van der Waals surface area contributed by atoms with Crippen molar-refractivity contribution in [1.29, 1.82) is 0 Å². The van der Waals surface area contributed by atoms with E-state index in [2.05, 4.69) is 35.3 Å². The van der Waals surface area contributed by atoms with Crippen molar-refractivity contribution < 1.29 is 4.74 Å². The van der Waals surface area contributed by atoms with E-state index < -0.39 is 0 Å². The molecule has 86 valence electrons. The van der Waals surface area contributed by atoms with Crippen LogP contribution in [0.15, 0.2) is 54.8 Å². The Balaban J connectivity index is 2.17. The molecule has 1 N–H and O–H groups in total. The van der Waals surface area contributed by atoms with Crippen molar-refractivity contribution in [3.8, 4) is 5.75 Å². The number of fused-ring (bicyclic) bond motifs is 5. The maximum absolute atomic E-state index is 5.59. The van der Waals surface area contributed by atoms with E-state index in [4.69, 9.17) is 4.74 Å². The van der Waals surface area contributed by atoms with Crippen LogP contribution in [0.3, 0.4) is 0 Å². The van der Waals surface area contributed by atoms with Crippen LogP contribution in [0.5, 0.6) is 5.75 Å². The lowest BCUT2D eigenvalue weighted by Crippen LogP contribution is -1.85. The van der Waals surface area contributed by atoms with Crippen molar-refractivity contribution in [1.82, 2.24) is 4.98 Å². The predicted octanol–water partition coefficient (Wildman–Crippen LogP) is 4.24.